The zero-order valence-electron chi connectivity index (χ0n) is 15.3. The van der Waals surface area contributed by atoms with Crippen molar-refractivity contribution in [3.63, 3.8) is 0 Å². The highest BCUT2D eigenvalue weighted by atomic mass is 127. The lowest BCUT2D eigenvalue weighted by Gasteiger charge is -2.33. The van der Waals surface area contributed by atoms with Crippen molar-refractivity contribution in [2.24, 2.45) is 4.99 Å². The summed E-state index contributed by atoms with van der Waals surface area (Å²) in [5.41, 5.74) is 0. The van der Waals surface area contributed by atoms with Crippen LogP contribution in [0.5, 0.6) is 0 Å². The summed E-state index contributed by atoms with van der Waals surface area (Å²) >= 11 is 0. The predicted octanol–water partition coefficient (Wildman–Crippen LogP) is 2.13. The molecular formula is C17H36IN5. The number of aliphatic imine (C=N–C) groups is 1. The topological polar surface area (TPSA) is 42.9 Å². The molecule has 1 atom stereocenters. The van der Waals surface area contributed by atoms with Crippen LogP contribution in [0.4, 0.5) is 0 Å². The Bertz CT molecular complexity index is 351. The molecule has 1 saturated carbocycles. The van der Waals surface area contributed by atoms with Gasteiger partial charge in [-0.3, -0.25) is 9.89 Å². The normalized spacial score (nSPS) is 21.9. The minimum Gasteiger partial charge on any atom is -0.355 e. The Morgan fingerprint density at radius 3 is 2.43 bits per heavy atom. The summed E-state index contributed by atoms with van der Waals surface area (Å²) in [6, 6.07) is 1.93. The van der Waals surface area contributed by atoms with Gasteiger partial charge in [0.1, 0.15) is 0 Å². The smallest absolute Gasteiger partial charge is 0.191 e. The van der Waals surface area contributed by atoms with Crippen molar-refractivity contribution in [3.05, 3.63) is 0 Å². The maximum absolute atomic E-state index is 4.39. The standard InChI is InChI=1S/C17H35N5.HI/c1-5-10-22-11-8-15(9-12-22)20-17(18-3)19-13-14(2)21(4)16-6-7-16;/h14-16H,5-13H2,1-4H3,(H2,18,19,20);1H. The zero-order valence-corrected chi connectivity index (χ0v) is 17.7. The largest absolute Gasteiger partial charge is 0.355 e. The van der Waals surface area contributed by atoms with Gasteiger partial charge in [0.25, 0.3) is 0 Å². The Morgan fingerprint density at radius 1 is 1.26 bits per heavy atom. The first-order valence-electron chi connectivity index (χ1n) is 9.05. The summed E-state index contributed by atoms with van der Waals surface area (Å²) in [4.78, 5) is 9.45. The fourth-order valence-electron chi connectivity index (χ4n) is 3.24. The lowest BCUT2D eigenvalue weighted by Crippen LogP contribution is -2.51. The van der Waals surface area contributed by atoms with Crippen LogP contribution in [-0.4, -0.2) is 74.2 Å². The fraction of sp³-hybridized carbons (Fsp3) is 0.941. The Balaban J connectivity index is 0.00000264. The van der Waals surface area contributed by atoms with Crippen LogP contribution in [-0.2, 0) is 0 Å². The van der Waals surface area contributed by atoms with Gasteiger partial charge in [0.05, 0.1) is 0 Å². The number of hydrogen-bond acceptors (Lipinski definition) is 3. The number of piperidine rings is 1. The summed E-state index contributed by atoms with van der Waals surface area (Å²) in [7, 11) is 4.11. The molecule has 0 aromatic carbocycles. The number of nitrogens with zero attached hydrogens (tertiary/aromatic N) is 3. The predicted molar refractivity (Wildman–Crippen MR) is 110 cm³/mol. The third-order valence-corrected chi connectivity index (χ3v) is 5.07. The Morgan fingerprint density at radius 2 is 1.91 bits per heavy atom. The molecule has 0 amide bonds. The molecule has 1 heterocycles. The molecule has 0 bridgehead atoms. The molecular weight excluding hydrogens is 401 g/mol. The number of halogens is 1. The van der Waals surface area contributed by atoms with Crippen LogP contribution < -0.4 is 10.6 Å². The van der Waals surface area contributed by atoms with Gasteiger partial charge in [-0.1, -0.05) is 6.92 Å². The van der Waals surface area contributed by atoms with E-state index >= 15 is 0 Å². The van der Waals surface area contributed by atoms with Crippen molar-refractivity contribution in [1.29, 1.82) is 0 Å². The summed E-state index contributed by atoms with van der Waals surface area (Å²) in [5.74, 6) is 0.963. The lowest BCUT2D eigenvalue weighted by atomic mass is 10.1. The lowest BCUT2D eigenvalue weighted by molar-refractivity contribution is 0.206. The molecule has 0 aromatic rings. The summed E-state index contributed by atoms with van der Waals surface area (Å²) in [5, 5.41) is 7.10. The molecule has 5 nitrogen and oxygen atoms in total. The molecule has 23 heavy (non-hydrogen) atoms. The van der Waals surface area contributed by atoms with E-state index in [-0.39, 0.29) is 24.0 Å². The molecule has 1 aliphatic heterocycles. The van der Waals surface area contributed by atoms with Gasteiger partial charge in [0.15, 0.2) is 5.96 Å². The average Bonchev–Trinajstić information content (AvgIpc) is 3.37. The molecule has 2 N–H and O–H groups in total. The van der Waals surface area contributed by atoms with Crippen molar-refractivity contribution >= 4 is 29.9 Å². The van der Waals surface area contributed by atoms with E-state index in [0.717, 1.165) is 18.5 Å². The van der Waals surface area contributed by atoms with Gasteiger partial charge >= 0.3 is 0 Å². The summed E-state index contributed by atoms with van der Waals surface area (Å²) in [6.45, 7) is 9.18. The van der Waals surface area contributed by atoms with Crippen molar-refractivity contribution in [2.45, 2.75) is 64.1 Å². The first-order chi connectivity index (χ1) is 10.6. The van der Waals surface area contributed by atoms with Crippen molar-refractivity contribution in [1.82, 2.24) is 20.4 Å². The van der Waals surface area contributed by atoms with E-state index in [1.165, 1.54) is 51.7 Å². The van der Waals surface area contributed by atoms with E-state index in [1.54, 1.807) is 0 Å². The second-order valence-corrected chi connectivity index (χ2v) is 6.96. The quantitative estimate of drug-likeness (QED) is 0.364. The number of rotatable bonds is 7. The molecule has 0 radical (unpaired) electrons. The highest BCUT2D eigenvalue weighted by Crippen LogP contribution is 2.26. The van der Waals surface area contributed by atoms with Crippen molar-refractivity contribution < 1.29 is 0 Å². The van der Waals surface area contributed by atoms with Crippen LogP contribution in [0.3, 0.4) is 0 Å². The van der Waals surface area contributed by atoms with E-state index in [4.69, 9.17) is 0 Å². The van der Waals surface area contributed by atoms with Crippen LogP contribution in [0.15, 0.2) is 4.99 Å². The number of nitrogens with one attached hydrogen (secondary N) is 2. The van der Waals surface area contributed by atoms with Crippen LogP contribution >= 0.6 is 24.0 Å². The third kappa shape index (κ3) is 7.13. The Hall–Kier alpha value is -0.0800. The third-order valence-electron chi connectivity index (χ3n) is 5.07. The first-order valence-corrected chi connectivity index (χ1v) is 9.05. The molecule has 1 unspecified atom stereocenters. The second-order valence-electron chi connectivity index (χ2n) is 6.96. The van der Waals surface area contributed by atoms with E-state index in [2.05, 4.69) is 46.3 Å². The summed E-state index contributed by atoms with van der Waals surface area (Å²) in [6.07, 6.45) is 6.43. The van der Waals surface area contributed by atoms with Gasteiger partial charge in [0, 0.05) is 44.8 Å². The second kappa shape index (κ2) is 10.7. The van der Waals surface area contributed by atoms with Crippen LogP contribution in [0.25, 0.3) is 0 Å². The van der Waals surface area contributed by atoms with Gasteiger partial charge in [-0.25, -0.2) is 0 Å². The van der Waals surface area contributed by atoms with Crippen molar-refractivity contribution in [3.8, 4) is 0 Å². The van der Waals surface area contributed by atoms with Gasteiger partial charge in [-0.2, -0.15) is 0 Å². The van der Waals surface area contributed by atoms with E-state index < -0.39 is 0 Å². The monoisotopic (exact) mass is 437 g/mol. The number of hydrogen-bond donors (Lipinski definition) is 2. The van der Waals surface area contributed by atoms with Crippen LogP contribution in [0, 0.1) is 0 Å². The minimum absolute atomic E-state index is 0. The highest BCUT2D eigenvalue weighted by Gasteiger charge is 2.29. The molecule has 0 aromatic heterocycles. The number of likely N-dealkylation sites (tertiary alicyclic amines) is 1. The minimum atomic E-state index is 0. The van der Waals surface area contributed by atoms with Crippen LogP contribution in [0.1, 0.15) is 46.0 Å². The van der Waals surface area contributed by atoms with E-state index in [0.29, 0.717) is 12.1 Å². The molecule has 2 rings (SSSR count). The molecule has 1 aliphatic carbocycles. The molecule has 2 aliphatic rings. The average molecular weight is 437 g/mol. The van der Waals surface area contributed by atoms with E-state index in [9.17, 15) is 0 Å². The van der Waals surface area contributed by atoms with Crippen molar-refractivity contribution in [2.75, 3.05) is 40.3 Å². The Labute approximate surface area is 159 Å². The van der Waals surface area contributed by atoms with Gasteiger partial charge < -0.3 is 15.5 Å². The summed E-state index contributed by atoms with van der Waals surface area (Å²) < 4.78 is 0. The maximum atomic E-state index is 4.39. The van der Waals surface area contributed by atoms with E-state index in [1.807, 2.05) is 7.05 Å². The highest BCUT2D eigenvalue weighted by molar-refractivity contribution is 14.0. The van der Waals surface area contributed by atoms with Crippen LogP contribution in [0.2, 0.25) is 0 Å². The van der Waals surface area contributed by atoms with Gasteiger partial charge in [0.2, 0.25) is 0 Å². The van der Waals surface area contributed by atoms with Gasteiger partial charge in [-0.15, -0.1) is 24.0 Å². The molecule has 2 fully saturated rings. The number of guanidine groups is 1. The fourth-order valence-corrected chi connectivity index (χ4v) is 3.24. The molecule has 1 saturated heterocycles. The molecule has 136 valence electrons. The SMILES string of the molecule is CCCN1CCC(NC(=NC)NCC(C)N(C)C2CC2)CC1.I. The Kier molecular flexibility index (Phi) is 9.77. The molecule has 6 heteroatoms. The van der Waals surface area contributed by atoms with Gasteiger partial charge in [-0.05, 0) is 52.6 Å². The number of likely N-dealkylation sites (N-methyl/N-ethyl adjacent to an activating group) is 1. The first kappa shape index (κ1) is 21.0. The zero-order chi connectivity index (χ0) is 15.9. The molecule has 0 spiro atoms. The maximum Gasteiger partial charge on any atom is 0.191 e.